The molecule has 2 N–H and O–H groups in total. The third-order valence-corrected chi connectivity index (χ3v) is 1.82. The number of aliphatic hydroxyl groups is 2. The highest BCUT2D eigenvalue weighted by Gasteiger charge is 2.31. The van der Waals surface area contributed by atoms with Crippen molar-refractivity contribution in [2.75, 3.05) is 6.61 Å². The van der Waals surface area contributed by atoms with Crippen molar-refractivity contribution in [3.63, 3.8) is 0 Å². The summed E-state index contributed by atoms with van der Waals surface area (Å²) in [5, 5.41) is 18.5. The van der Waals surface area contributed by atoms with E-state index < -0.39 is 18.5 Å². The van der Waals surface area contributed by atoms with E-state index in [1.807, 2.05) is 20.8 Å². The zero-order valence-electron chi connectivity index (χ0n) is 8.36. The second-order valence-electron chi connectivity index (χ2n) is 4.36. The number of hydrogen-bond acceptors (Lipinski definition) is 4. The van der Waals surface area contributed by atoms with Crippen LogP contribution in [0.4, 0.5) is 0 Å². The molecule has 0 aromatic heterocycles. The predicted molar refractivity (Wildman–Crippen MR) is 47.2 cm³/mol. The third-order valence-electron chi connectivity index (χ3n) is 1.82. The Hall–Kier alpha value is -0.160. The van der Waals surface area contributed by atoms with Gasteiger partial charge in [-0.25, -0.2) is 0 Å². The van der Waals surface area contributed by atoms with Crippen molar-refractivity contribution in [2.45, 2.75) is 51.3 Å². The topological polar surface area (TPSA) is 58.9 Å². The molecule has 78 valence electrons. The lowest BCUT2D eigenvalue weighted by molar-refractivity contribution is -0.248. The Bertz CT molecular complexity index is 163. The molecular weight excluding hydrogens is 172 g/mol. The third kappa shape index (κ3) is 3.60. The van der Waals surface area contributed by atoms with Crippen molar-refractivity contribution >= 4 is 0 Å². The monoisotopic (exact) mass is 190 g/mol. The first-order valence-electron chi connectivity index (χ1n) is 4.54. The van der Waals surface area contributed by atoms with Gasteiger partial charge in [0.25, 0.3) is 0 Å². The maximum Gasteiger partial charge on any atom is 0.160 e. The zero-order chi connectivity index (χ0) is 10.1. The van der Waals surface area contributed by atoms with Gasteiger partial charge in [0, 0.05) is 6.42 Å². The molecule has 0 aliphatic carbocycles. The Balaban J connectivity index is 2.38. The van der Waals surface area contributed by atoms with Gasteiger partial charge in [-0.05, 0) is 20.8 Å². The summed E-state index contributed by atoms with van der Waals surface area (Å²) >= 11 is 0. The molecule has 1 heterocycles. The van der Waals surface area contributed by atoms with E-state index in [1.54, 1.807) is 0 Å². The summed E-state index contributed by atoms with van der Waals surface area (Å²) in [7, 11) is 0. The van der Waals surface area contributed by atoms with Gasteiger partial charge in [-0.1, -0.05) is 0 Å². The minimum Gasteiger partial charge on any atom is -0.390 e. The number of ether oxygens (including phenoxy) is 2. The van der Waals surface area contributed by atoms with E-state index in [4.69, 9.17) is 14.6 Å². The van der Waals surface area contributed by atoms with Crippen LogP contribution in [0.15, 0.2) is 0 Å². The predicted octanol–water partition coefficient (Wildman–Crippen LogP) is 0.270. The molecule has 3 atom stereocenters. The minimum atomic E-state index is -0.778. The first-order chi connectivity index (χ1) is 5.88. The SMILES string of the molecule is CC(C)(C)OC1C[C@@H](O)[C@@H](O)CO1. The summed E-state index contributed by atoms with van der Waals surface area (Å²) in [4.78, 5) is 0. The highest BCUT2D eigenvalue weighted by Crippen LogP contribution is 2.20. The Labute approximate surface area is 78.5 Å². The van der Waals surface area contributed by atoms with Gasteiger partial charge in [0.2, 0.25) is 0 Å². The normalized spacial score (nSPS) is 36.2. The van der Waals surface area contributed by atoms with Gasteiger partial charge in [0.05, 0.1) is 18.3 Å². The Kier molecular flexibility index (Phi) is 3.29. The van der Waals surface area contributed by atoms with Crippen molar-refractivity contribution < 1.29 is 19.7 Å². The van der Waals surface area contributed by atoms with Gasteiger partial charge in [0.15, 0.2) is 6.29 Å². The molecule has 1 fully saturated rings. The van der Waals surface area contributed by atoms with Gasteiger partial charge < -0.3 is 19.7 Å². The van der Waals surface area contributed by atoms with E-state index >= 15 is 0 Å². The van der Waals surface area contributed by atoms with Gasteiger partial charge in [0.1, 0.15) is 6.10 Å². The molecule has 1 rings (SSSR count). The Morgan fingerprint density at radius 2 is 1.85 bits per heavy atom. The fourth-order valence-electron chi connectivity index (χ4n) is 1.22. The summed E-state index contributed by atoms with van der Waals surface area (Å²) in [5.41, 5.74) is -0.285. The van der Waals surface area contributed by atoms with E-state index in [9.17, 15) is 5.11 Å². The van der Waals surface area contributed by atoms with Crippen molar-refractivity contribution in [2.24, 2.45) is 0 Å². The maximum atomic E-state index is 9.33. The highest BCUT2D eigenvalue weighted by molar-refractivity contribution is 4.75. The average molecular weight is 190 g/mol. The largest absolute Gasteiger partial charge is 0.390 e. The van der Waals surface area contributed by atoms with Crippen LogP contribution >= 0.6 is 0 Å². The van der Waals surface area contributed by atoms with Crippen LogP contribution in [0.5, 0.6) is 0 Å². The smallest absolute Gasteiger partial charge is 0.160 e. The number of rotatable bonds is 1. The van der Waals surface area contributed by atoms with Gasteiger partial charge in [-0.15, -0.1) is 0 Å². The molecule has 13 heavy (non-hydrogen) atoms. The Morgan fingerprint density at radius 1 is 1.23 bits per heavy atom. The summed E-state index contributed by atoms with van der Waals surface area (Å²) in [6.45, 7) is 5.91. The number of hydrogen-bond donors (Lipinski definition) is 2. The lowest BCUT2D eigenvalue weighted by Crippen LogP contribution is -2.44. The molecular formula is C9H18O4. The van der Waals surface area contributed by atoms with E-state index in [2.05, 4.69) is 0 Å². The molecule has 4 nitrogen and oxygen atoms in total. The van der Waals surface area contributed by atoms with Gasteiger partial charge in [-0.2, -0.15) is 0 Å². The molecule has 0 amide bonds. The van der Waals surface area contributed by atoms with Crippen molar-refractivity contribution in [1.29, 1.82) is 0 Å². The summed E-state index contributed by atoms with van der Waals surface area (Å²) in [6.07, 6.45) is -1.59. The van der Waals surface area contributed by atoms with Crippen LogP contribution in [-0.2, 0) is 9.47 Å². The lowest BCUT2D eigenvalue weighted by Gasteiger charge is -2.34. The van der Waals surface area contributed by atoms with E-state index in [0.717, 1.165) is 0 Å². The fraction of sp³-hybridized carbons (Fsp3) is 1.00. The first kappa shape index (κ1) is 10.9. The molecule has 1 aliphatic rings. The molecule has 0 bridgehead atoms. The molecule has 0 spiro atoms. The molecule has 0 radical (unpaired) electrons. The molecule has 1 saturated heterocycles. The Morgan fingerprint density at radius 3 is 2.31 bits per heavy atom. The van der Waals surface area contributed by atoms with Crippen LogP contribution in [0.1, 0.15) is 27.2 Å². The molecule has 4 heteroatoms. The minimum absolute atomic E-state index is 0.141. The summed E-state index contributed by atoms with van der Waals surface area (Å²) in [6, 6.07) is 0. The average Bonchev–Trinajstić information content (AvgIpc) is 1.94. The maximum absolute atomic E-state index is 9.33. The fourth-order valence-corrected chi connectivity index (χ4v) is 1.22. The van der Waals surface area contributed by atoms with Crippen LogP contribution < -0.4 is 0 Å². The van der Waals surface area contributed by atoms with Gasteiger partial charge in [-0.3, -0.25) is 0 Å². The first-order valence-corrected chi connectivity index (χ1v) is 4.54. The van der Waals surface area contributed by atoms with Crippen LogP contribution in [0.2, 0.25) is 0 Å². The quantitative estimate of drug-likeness (QED) is 0.623. The second kappa shape index (κ2) is 3.92. The van der Waals surface area contributed by atoms with Crippen LogP contribution in [-0.4, -0.2) is 40.9 Å². The van der Waals surface area contributed by atoms with Crippen LogP contribution in [0.25, 0.3) is 0 Å². The highest BCUT2D eigenvalue weighted by atomic mass is 16.7. The standard InChI is InChI=1S/C9H18O4/c1-9(2,3)13-8-4-6(10)7(11)5-12-8/h6-8,10-11H,4-5H2,1-3H3/t6-,7+,8?/m1/s1. The molecule has 1 aliphatic heterocycles. The number of aliphatic hydroxyl groups excluding tert-OH is 2. The molecule has 0 aromatic carbocycles. The van der Waals surface area contributed by atoms with Crippen molar-refractivity contribution in [3.05, 3.63) is 0 Å². The van der Waals surface area contributed by atoms with Crippen molar-refractivity contribution in [1.82, 2.24) is 0 Å². The lowest BCUT2D eigenvalue weighted by atomic mass is 10.1. The summed E-state index contributed by atoms with van der Waals surface area (Å²) < 4.78 is 10.7. The van der Waals surface area contributed by atoms with E-state index in [0.29, 0.717) is 6.42 Å². The van der Waals surface area contributed by atoms with E-state index in [1.165, 1.54) is 0 Å². The van der Waals surface area contributed by atoms with Crippen LogP contribution in [0.3, 0.4) is 0 Å². The van der Waals surface area contributed by atoms with Crippen molar-refractivity contribution in [3.8, 4) is 0 Å². The molecule has 1 unspecified atom stereocenters. The van der Waals surface area contributed by atoms with E-state index in [-0.39, 0.29) is 12.2 Å². The summed E-state index contributed by atoms with van der Waals surface area (Å²) in [5.74, 6) is 0. The van der Waals surface area contributed by atoms with Crippen LogP contribution in [0, 0.1) is 0 Å². The molecule has 0 saturated carbocycles. The van der Waals surface area contributed by atoms with Gasteiger partial charge >= 0.3 is 0 Å². The zero-order valence-corrected chi connectivity index (χ0v) is 8.36. The second-order valence-corrected chi connectivity index (χ2v) is 4.36. The molecule has 0 aromatic rings.